The Kier molecular flexibility index (Phi) is 7.21. The van der Waals surface area contributed by atoms with Gasteiger partial charge in [0.15, 0.2) is 0 Å². The summed E-state index contributed by atoms with van der Waals surface area (Å²) in [6, 6.07) is 16.2. The van der Waals surface area contributed by atoms with Crippen LogP contribution in [0.1, 0.15) is 60.9 Å². The van der Waals surface area contributed by atoms with Crippen LogP contribution >= 0.6 is 0 Å². The van der Waals surface area contributed by atoms with Crippen LogP contribution in [0.3, 0.4) is 0 Å². The van der Waals surface area contributed by atoms with Gasteiger partial charge in [0.2, 0.25) is 5.91 Å². The summed E-state index contributed by atoms with van der Waals surface area (Å²) >= 11 is 0. The molecule has 5 rings (SSSR count). The molecule has 3 aromatic rings. The van der Waals surface area contributed by atoms with Crippen LogP contribution < -0.4 is 10.6 Å². The van der Waals surface area contributed by atoms with Gasteiger partial charge in [-0.15, -0.1) is 0 Å². The lowest BCUT2D eigenvalue weighted by molar-refractivity contribution is -0.122. The topological polar surface area (TPSA) is 94.6 Å². The Balaban J connectivity index is 1.38. The van der Waals surface area contributed by atoms with Crippen molar-refractivity contribution in [2.24, 2.45) is 5.92 Å². The fourth-order valence-corrected chi connectivity index (χ4v) is 5.34. The lowest BCUT2D eigenvalue weighted by Crippen LogP contribution is -2.50. The van der Waals surface area contributed by atoms with Gasteiger partial charge in [-0.05, 0) is 79.0 Å². The molecule has 198 valence electrons. The Labute approximate surface area is 224 Å². The van der Waals surface area contributed by atoms with E-state index >= 15 is 0 Å². The number of aliphatic hydroxyl groups excluding tert-OH is 1. The fraction of sp³-hybridized carbons (Fsp3) is 0.387. The minimum absolute atomic E-state index is 0.00820. The molecule has 3 N–H and O–H groups in total. The molecular formula is C31H36N4O3. The van der Waals surface area contributed by atoms with Gasteiger partial charge < -0.3 is 20.6 Å². The quantitative estimate of drug-likeness (QED) is 0.452. The normalized spacial score (nSPS) is 18.5. The lowest BCUT2D eigenvalue weighted by atomic mass is 9.87. The number of aromatic nitrogens is 1. The van der Waals surface area contributed by atoms with E-state index in [4.69, 9.17) is 0 Å². The number of aliphatic hydroxyl groups is 1. The van der Waals surface area contributed by atoms with Gasteiger partial charge in [0.1, 0.15) is 0 Å². The van der Waals surface area contributed by atoms with Crippen LogP contribution in [0, 0.1) is 5.92 Å². The Morgan fingerprint density at radius 2 is 1.87 bits per heavy atom. The second-order valence-corrected chi connectivity index (χ2v) is 11.4. The number of urea groups is 1. The first-order valence-corrected chi connectivity index (χ1v) is 13.3. The predicted octanol–water partition coefficient (Wildman–Crippen LogP) is 4.53. The zero-order valence-corrected chi connectivity index (χ0v) is 22.3. The number of rotatable bonds is 6. The van der Waals surface area contributed by atoms with Crippen molar-refractivity contribution in [2.75, 3.05) is 6.54 Å². The number of hydrogen-bond acceptors (Lipinski definition) is 4. The lowest BCUT2D eigenvalue weighted by Gasteiger charge is -2.34. The predicted molar refractivity (Wildman–Crippen MR) is 147 cm³/mol. The molecule has 2 aromatic carbocycles. The van der Waals surface area contributed by atoms with Crippen LogP contribution in [0.25, 0.3) is 11.1 Å². The number of benzene rings is 2. The van der Waals surface area contributed by atoms with Gasteiger partial charge in [-0.25, -0.2) is 4.79 Å². The first kappa shape index (κ1) is 25.9. The zero-order chi connectivity index (χ0) is 26.9. The molecule has 0 bridgehead atoms. The van der Waals surface area contributed by atoms with Crippen molar-refractivity contribution < 1.29 is 14.7 Å². The van der Waals surface area contributed by atoms with E-state index in [0.717, 1.165) is 34.2 Å². The molecule has 0 spiro atoms. The number of fused-ring (bicyclic) bond motifs is 1. The van der Waals surface area contributed by atoms with Gasteiger partial charge in [0.05, 0.1) is 6.61 Å². The monoisotopic (exact) mass is 512 g/mol. The zero-order valence-electron chi connectivity index (χ0n) is 22.3. The van der Waals surface area contributed by atoms with E-state index in [9.17, 15) is 14.7 Å². The molecule has 38 heavy (non-hydrogen) atoms. The number of hydrogen-bond donors (Lipinski definition) is 3. The summed E-state index contributed by atoms with van der Waals surface area (Å²) < 4.78 is 0. The molecule has 1 aliphatic heterocycles. The van der Waals surface area contributed by atoms with Crippen LogP contribution in [0.15, 0.2) is 60.9 Å². The van der Waals surface area contributed by atoms with Gasteiger partial charge in [-0.1, -0.05) is 42.5 Å². The van der Waals surface area contributed by atoms with Gasteiger partial charge in [0, 0.05) is 49.0 Å². The van der Waals surface area contributed by atoms with Gasteiger partial charge in [-0.2, -0.15) is 0 Å². The molecule has 2 heterocycles. The SMILES string of the molecule is CC(C)(C)NC(=O)N1CCc2c(-c3cncc(CO)c3)ccc(CNC(=O)[C@@H]3C[C@H]3c3ccccc3)c2C1. The van der Waals surface area contributed by atoms with Crippen LogP contribution in [-0.4, -0.2) is 39.0 Å². The van der Waals surface area contributed by atoms with Crippen LogP contribution in [0.2, 0.25) is 0 Å². The highest BCUT2D eigenvalue weighted by atomic mass is 16.3. The average molecular weight is 513 g/mol. The standard InChI is InChI=1S/C31H36N4O3/c1-31(2,3)34-30(38)35-12-11-25-24(23-13-20(19-36)15-32-16-23)10-9-22(28(25)18-35)17-33-29(37)27-14-26(27)21-7-5-4-6-8-21/h4-10,13,15-16,26-27,36H,11-12,14,17-19H2,1-3H3,(H,33,37)(H,34,38)/t26-,27+/m0/s1. The van der Waals surface area contributed by atoms with Gasteiger partial charge >= 0.3 is 6.03 Å². The van der Waals surface area contributed by atoms with Crippen molar-refractivity contribution in [3.63, 3.8) is 0 Å². The summed E-state index contributed by atoms with van der Waals surface area (Å²) in [7, 11) is 0. The van der Waals surface area contributed by atoms with Crippen molar-refractivity contribution in [1.29, 1.82) is 0 Å². The maximum Gasteiger partial charge on any atom is 0.318 e. The summed E-state index contributed by atoms with van der Waals surface area (Å²) in [5.41, 5.74) is 6.91. The van der Waals surface area contributed by atoms with Crippen molar-refractivity contribution >= 4 is 11.9 Å². The smallest absolute Gasteiger partial charge is 0.318 e. The maximum atomic E-state index is 13.0. The number of pyridine rings is 1. The maximum absolute atomic E-state index is 13.0. The second-order valence-electron chi connectivity index (χ2n) is 11.4. The van der Waals surface area contributed by atoms with Crippen molar-refractivity contribution in [2.45, 2.75) is 64.8 Å². The Morgan fingerprint density at radius 1 is 1.08 bits per heavy atom. The van der Waals surface area contributed by atoms with Crippen LogP contribution in [0.5, 0.6) is 0 Å². The molecule has 3 amide bonds. The number of nitrogens with zero attached hydrogens (tertiary/aromatic N) is 2. The van der Waals surface area contributed by atoms with Gasteiger partial charge in [-0.3, -0.25) is 9.78 Å². The summed E-state index contributed by atoms with van der Waals surface area (Å²) in [6.45, 7) is 7.35. The van der Waals surface area contributed by atoms with Crippen LogP contribution in [0.4, 0.5) is 4.79 Å². The highest BCUT2D eigenvalue weighted by Gasteiger charge is 2.43. The van der Waals surface area contributed by atoms with Crippen molar-refractivity contribution in [3.8, 4) is 11.1 Å². The number of amides is 3. The molecule has 2 aliphatic rings. The van der Waals surface area contributed by atoms with E-state index in [-0.39, 0.29) is 35.9 Å². The number of nitrogens with one attached hydrogen (secondary N) is 2. The minimum Gasteiger partial charge on any atom is -0.392 e. The van der Waals surface area contributed by atoms with E-state index in [1.807, 2.05) is 62.2 Å². The largest absolute Gasteiger partial charge is 0.392 e. The van der Waals surface area contributed by atoms with E-state index in [2.05, 4.69) is 33.8 Å². The second kappa shape index (κ2) is 10.6. The number of carbonyl (C=O) groups is 2. The fourth-order valence-electron chi connectivity index (χ4n) is 5.34. The van der Waals surface area contributed by atoms with E-state index in [1.165, 1.54) is 11.1 Å². The first-order valence-electron chi connectivity index (χ1n) is 13.3. The minimum atomic E-state index is -0.327. The van der Waals surface area contributed by atoms with E-state index in [1.54, 1.807) is 6.20 Å². The number of carbonyl (C=O) groups excluding carboxylic acids is 2. The first-order chi connectivity index (χ1) is 18.2. The molecule has 0 radical (unpaired) electrons. The molecule has 7 heteroatoms. The van der Waals surface area contributed by atoms with E-state index in [0.29, 0.717) is 26.1 Å². The summed E-state index contributed by atoms with van der Waals surface area (Å²) in [5, 5.41) is 15.9. The van der Waals surface area contributed by atoms with E-state index < -0.39 is 0 Å². The molecule has 1 fully saturated rings. The Hall–Kier alpha value is -3.71. The third kappa shape index (κ3) is 5.73. The molecule has 7 nitrogen and oxygen atoms in total. The molecule has 0 unspecified atom stereocenters. The molecule has 0 saturated heterocycles. The van der Waals surface area contributed by atoms with Crippen LogP contribution in [-0.2, 0) is 30.9 Å². The Bertz CT molecular complexity index is 1330. The molecular weight excluding hydrogens is 476 g/mol. The summed E-state index contributed by atoms with van der Waals surface area (Å²) in [6.07, 6.45) is 5.05. The molecule has 1 aromatic heterocycles. The third-order valence-corrected chi connectivity index (χ3v) is 7.37. The highest BCUT2D eigenvalue weighted by molar-refractivity contribution is 5.83. The molecule has 1 aliphatic carbocycles. The van der Waals surface area contributed by atoms with Gasteiger partial charge in [0.25, 0.3) is 0 Å². The summed E-state index contributed by atoms with van der Waals surface area (Å²) in [4.78, 5) is 32.2. The molecule has 2 atom stereocenters. The van der Waals surface area contributed by atoms with Crippen molar-refractivity contribution in [3.05, 3.63) is 88.7 Å². The summed E-state index contributed by atoms with van der Waals surface area (Å²) in [5.74, 6) is 0.374. The molecule has 1 saturated carbocycles. The third-order valence-electron chi connectivity index (χ3n) is 7.37. The highest BCUT2D eigenvalue weighted by Crippen LogP contribution is 2.47. The Morgan fingerprint density at radius 3 is 2.61 bits per heavy atom. The van der Waals surface area contributed by atoms with Crippen molar-refractivity contribution in [1.82, 2.24) is 20.5 Å². The average Bonchev–Trinajstić information content (AvgIpc) is 3.72.